The Hall–Kier alpha value is -1.82. The lowest BCUT2D eigenvalue weighted by molar-refractivity contribution is -0.134. The van der Waals surface area contributed by atoms with Gasteiger partial charge in [-0.25, -0.2) is 0 Å². The minimum atomic E-state index is 0.218. The lowest BCUT2D eigenvalue weighted by atomic mass is 9.98. The fourth-order valence-electron chi connectivity index (χ4n) is 3.90. The molecule has 1 aromatic carbocycles. The molecule has 0 saturated carbocycles. The number of thioether (sulfide) groups is 1. The average Bonchev–Trinajstić information content (AvgIpc) is 3.03. The van der Waals surface area contributed by atoms with Gasteiger partial charge in [0, 0.05) is 25.0 Å². The molecule has 1 aliphatic rings. The third-order valence-corrected chi connectivity index (χ3v) is 6.20. The number of amides is 1. The predicted octanol–water partition coefficient (Wildman–Crippen LogP) is 4.16. The molecular weight excluding hydrogens is 356 g/mol. The van der Waals surface area contributed by atoms with E-state index in [1.165, 1.54) is 23.7 Å². The smallest absolute Gasteiger partial charge is 0.233 e. The molecule has 3 rings (SSSR count). The Morgan fingerprint density at radius 1 is 1.15 bits per heavy atom. The first-order chi connectivity index (χ1) is 13.1. The minimum absolute atomic E-state index is 0.218. The van der Waals surface area contributed by atoms with Crippen LogP contribution in [0.1, 0.15) is 57.8 Å². The fraction of sp³-hybridized carbons (Fsp3) is 0.571. The molecular formula is C21H30N4OS. The quantitative estimate of drug-likeness (QED) is 0.671. The highest BCUT2D eigenvalue weighted by molar-refractivity contribution is 7.99. The van der Waals surface area contributed by atoms with Gasteiger partial charge in [-0.2, -0.15) is 0 Å². The van der Waals surface area contributed by atoms with Crippen LogP contribution in [0.4, 0.5) is 0 Å². The molecule has 0 bridgehead atoms. The second kappa shape index (κ2) is 9.40. The largest absolute Gasteiger partial charge is 0.337 e. The summed E-state index contributed by atoms with van der Waals surface area (Å²) in [5, 5.41) is 9.66. The Kier molecular flexibility index (Phi) is 6.94. The van der Waals surface area contributed by atoms with Gasteiger partial charge in [0.05, 0.1) is 5.75 Å². The minimum Gasteiger partial charge on any atom is -0.337 e. The third-order valence-electron chi connectivity index (χ3n) is 5.25. The molecule has 1 amide bonds. The van der Waals surface area contributed by atoms with Crippen LogP contribution in [-0.2, 0) is 17.8 Å². The van der Waals surface area contributed by atoms with Crippen LogP contribution in [0, 0.1) is 0 Å². The van der Waals surface area contributed by atoms with E-state index in [4.69, 9.17) is 0 Å². The SMILES string of the molecule is CCCn1c(Cc2ccccc2)nnc1SCC(=O)N1[C@H](C)CCC[C@H]1C. The van der Waals surface area contributed by atoms with Gasteiger partial charge in [0.1, 0.15) is 5.82 Å². The Labute approximate surface area is 166 Å². The molecule has 0 radical (unpaired) electrons. The van der Waals surface area contributed by atoms with E-state index in [9.17, 15) is 4.79 Å². The van der Waals surface area contributed by atoms with Crippen LogP contribution >= 0.6 is 11.8 Å². The van der Waals surface area contributed by atoms with Gasteiger partial charge in [0.25, 0.3) is 0 Å². The monoisotopic (exact) mass is 386 g/mol. The molecule has 0 N–H and O–H groups in total. The van der Waals surface area contributed by atoms with Crippen molar-refractivity contribution in [2.75, 3.05) is 5.75 Å². The van der Waals surface area contributed by atoms with Crippen molar-refractivity contribution in [1.29, 1.82) is 0 Å². The van der Waals surface area contributed by atoms with E-state index in [0.29, 0.717) is 17.8 Å². The second-order valence-electron chi connectivity index (χ2n) is 7.43. The van der Waals surface area contributed by atoms with E-state index >= 15 is 0 Å². The maximum absolute atomic E-state index is 12.8. The van der Waals surface area contributed by atoms with Crippen LogP contribution in [0.5, 0.6) is 0 Å². The van der Waals surface area contributed by atoms with Gasteiger partial charge < -0.3 is 9.47 Å². The highest BCUT2D eigenvalue weighted by Gasteiger charge is 2.29. The van der Waals surface area contributed by atoms with E-state index in [0.717, 1.165) is 43.2 Å². The van der Waals surface area contributed by atoms with E-state index in [1.54, 1.807) is 0 Å². The predicted molar refractivity (Wildman–Crippen MR) is 110 cm³/mol. The number of piperidine rings is 1. The van der Waals surface area contributed by atoms with Crippen LogP contribution < -0.4 is 0 Å². The molecule has 27 heavy (non-hydrogen) atoms. The molecule has 1 fully saturated rings. The summed E-state index contributed by atoms with van der Waals surface area (Å²) in [7, 11) is 0. The van der Waals surface area contributed by atoms with Crippen LogP contribution in [0.3, 0.4) is 0 Å². The Morgan fingerprint density at radius 2 is 1.85 bits per heavy atom. The highest BCUT2D eigenvalue weighted by Crippen LogP contribution is 2.25. The van der Waals surface area contributed by atoms with Gasteiger partial charge in [-0.3, -0.25) is 4.79 Å². The lowest BCUT2D eigenvalue weighted by Crippen LogP contribution is -2.48. The van der Waals surface area contributed by atoms with Gasteiger partial charge in [0.2, 0.25) is 5.91 Å². The number of likely N-dealkylation sites (tertiary alicyclic amines) is 1. The molecule has 1 aromatic heterocycles. The molecule has 0 aliphatic carbocycles. The molecule has 1 saturated heterocycles. The first-order valence-electron chi connectivity index (χ1n) is 10.00. The van der Waals surface area contributed by atoms with Crippen molar-refractivity contribution in [2.45, 2.75) is 76.7 Å². The Balaban J connectivity index is 1.68. The maximum Gasteiger partial charge on any atom is 0.233 e. The van der Waals surface area contributed by atoms with Crippen LogP contribution in [-0.4, -0.2) is 43.4 Å². The van der Waals surface area contributed by atoms with Crippen LogP contribution in [0.25, 0.3) is 0 Å². The van der Waals surface area contributed by atoms with E-state index < -0.39 is 0 Å². The van der Waals surface area contributed by atoms with Gasteiger partial charge in [-0.1, -0.05) is 49.0 Å². The summed E-state index contributed by atoms with van der Waals surface area (Å²) in [4.78, 5) is 14.9. The Morgan fingerprint density at radius 3 is 2.52 bits per heavy atom. The molecule has 1 aliphatic heterocycles. The zero-order valence-corrected chi connectivity index (χ0v) is 17.4. The molecule has 2 heterocycles. The van der Waals surface area contributed by atoms with Gasteiger partial charge in [-0.15, -0.1) is 10.2 Å². The van der Waals surface area contributed by atoms with Crippen molar-refractivity contribution in [3.05, 3.63) is 41.7 Å². The second-order valence-corrected chi connectivity index (χ2v) is 8.37. The molecule has 146 valence electrons. The standard InChI is InChI=1S/C21H30N4OS/c1-4-13-24-19(14-18-11-6-5-7-12-18)22-23-21(24)27-15-20(26)25-16(2)9-8-10-17(25)3/h5-7,11-12,16-17H,4,8-10,13-15H2,1-3H3/t16-,17-/m1/s1. The maximum atomic E-state index is 12.8. The first kappa shape index (κ1) is 19.9. The number of hydrogen-bond donors (Lipinski definition) is 0. The summed E-state index contributed by atoms with van der Waals surface area (Å²) in [6.45, 7) is 7.36. The van der Waals surface area contributed by atoms with E-state index in [1.807, 2.05) is 18.2 Å². The van der Waals surface area contributed by atoms with Crippen molar-refractivity contribution in [3.63, 3.8) is 0 Å². The normalized spacial score (nSPS) is 20.0. The topological polar surface area (TPSA) is 51.0 Å². The van der Waals surface area contributed by atoms with E-state index in [-0.39, 0.29) is 5.91 Å². The summed E-state index contributed by atoms with van der Waals surface area (Å²) < 4.78 is 2.17. The summed E-state index contributed by atoms with van der Waals surface area (Å²) in [6.07, 6.45) is 5.21. The number of aromatic nitrogens is 3. The van der Waals surface area contributed by atoms with Crippen molar-refractivity contribution < 1.29 is 4.79 Å². The number of carbonyl (C=O) groups is 1. The number of hydrogen-bond acceptors (Lipinski definition) is 4. The fourth-order valence-corrected chi connectivity index (χ4v) is 4.75. The molecule has 5 nitrogen and oxygen atoms in total. The van der Waals surface area contributed by atoms with Gasteiger partial charge in [-0.05, 0) is 45.1 Å². The highest BCUT2D eigenvalue weighted by atomic mass is 32.2. The molecule has 0 unspecified atom stereocenters. The summed E-state index contributed by atoms with van der Waals surface area (Å²) in [5.74, 6) is 1.62. The van der Waals surface area contributed by atoms with Crippen molar-refractivity contribution in [2.24, 2.45) is 0 Å². The van der Waals surface area contributed by atoms with Gasteiger partial charge >= 0.3 is 0 Å². The first-order valence-corrected chi connectivity index (χ1v) is 11.0. The van der Waals surface area contributed by atoms with E-state index in [2.05, 4.69) is 52.6 Å². The average molecular weight is 387 g/mol. The van der Waals surface area contributed by atoms with Crippen LogP contribution in [0.15, 0.2) is 35.5 Å². The third kappa shape index (κ3) is 4.92. The lowest BCUT2D eigenvalue weighted by Gasteiger charge is -2.39. The summed E-state index contributed by atoms with van der Waals surface area (Å²) in [6, 6.07) is 11.0. The number of carbonyl (C=O) groups excluding carboxylic acids is 1. The van der Waals surface area contributed by atoms with Crippen molar-refractivity contribution in [3.8, 4) is 0 Å². The summed E-state index contributed by atoms with van der Waals surface area (Å²) in [5.41, 5.74) is 1.23. The zero-order valence-electron chi connectivity index (χ0n) is 16.6. The van der Waals surface area contributed by atoms with Crippen LogP contribution in [0.2, 0.25) is 0 Å². The van der Waals surface area contributed by atoms with Crippen molar-refractivity contribution in [1.82, 2.24) is 19.7 Å². The summed E-state index contributed by atoms with van der Waals surface area (Å²) >= 11 is 1.52. The number of rotatable bonds is 7. The molecule has 2 aromatic rings. The molecule has 6 heteroatoms. The zero-order chi connectivity index (χ0) is 19.2. The Bertz CT molecular complexity index is 736. The number of benzene rings is 1. The molecule has 0 spiro atoms. The van der Waals surface area contributed by atoms with Gasteiger partial charge in [0.15, 0.2) is 5.16 Å². The van der Waals surface area contributed by atoms with Crippen molar-refractivity contribution >= 4 is 17.7 Å². The number of nitrogens with zero attached hydrogens (tertiary/aromatic N) is 4. The molecule has 2 atom stereocenters.